The summed E-state index contributed by atoms with van der Waals surface area (Å²) >= 11 is 0. The summed E-state index contributed by atoms with van der Waals surface area (Å²) in [6.07, 6.45) is 3.38. The van der Waals surface area contributed by atoms with Crippen LogP contribution in [-0.4, -0.2) is 36.0 Å². The van der Waals surface area contributed by atoms with Crippen LogP contribution in [-0.2, 0) is 16.4 Å². The van der Waals surface area contributed by atoms with Crippen LogP contribution >= 0.6 is 0 Å². The highest BCUT2D eigenvalue weighted by molar-refractivity contribution is 7.89. The van der Waals surface area contributed by atoms with E-state index < -0.39 is 16.0 Å². The van der Waals surface area contributed by atoms with E-state index in [0.717, 1.165) is 5.56 Å². The van der Waals surface area contributed by atoms with Crippen LogP contribution in [0.3, 0.4) is 0 Å². The lowest BCUT2D eigenvalue weighted by molar-refractivity contribution is 0.0696. The lowest BCUT2D eigenvalue weighted by atomic mass is 10.1. The molecule has 0 saturated carbocycles. The molecule has 2 heterocycles. The van der Waals surface area contributed by atoms with Crippen LogP contribution in [0, 0.1) is 0 Å². The van der Waals surface area contributed by atoms with Crippen molar-refractivity contribution >= 4 is 27.0 Å². The SMILES string of the molecule is O=C(O)c1cccc(CCNS(=O)(=O)c2c[nH]c3ncccc23)c1. The second kappa shape index (κ2) is 6.42. The summed E-state index contributed by atoms with van der Waals surface area (Å²) < 4.78 is 27.4. The van der Waals surface area contributed by atoms with Gasteiger partial charge in [-0.25, -0.2) is 22.9 Å². The summed E-state index contributed by atoms with van der Waals surface area (Å²) in [5.41, 5.74) is 1.43. The van der Waals surface area contributed by atoms with Crippen molar-refractivity contribution < 1.29 is 18.3 Å². The molecular formula is C16H15N3O4S. The number of benzene rings is 1. The molecule has 0 unspecified atom stereocenters. The van der Waals surface area contributed by atoms with Crippen molar-refractivity contribution in [1.82, 2.24) is 14.7 Å². The second-order valence-electron chi connectivity index (χ2n) is 5.21. The molecule has 3 rings (SSSR count). The monoisotopic (exact) mass is 345 g/mol. The average Bonchev–Trinajstić information content (AvgIpc) is 3.00. The molecule has 2 aromatic heterocycles. The van der Waals surface area contributed by atoms with Gasteiger partial charge in [-0.05, 0) is 36.2 Å². The van der Waals surface area contributed by atoms with Crippen molar-refractivity contribution in [2.24, 2.45) is 0 Å². The smallest absolute Gasteiger partial charge is 0.335 e. The third-order valence-electron chi connectivity index (χ3n) is 3.58. The van der Waals surface area contributed by atoms with Crippen molar-refractivity contribution in [3.63, 3.8) is 0 Å². The van der Waals surface area contributed by atoms with Crippen LogP contribution in [0.5, 0.6) is 0 Å². The van der Waals surface area contributed by atoms with Gasteiger partial charge in [-0.15, -0.1) is 0 Å². The Morgan fingerprint density at radius 2 is 2.08 bits per heavy atom. The number of carbonyl (C=O) groups is 1. The van der Waals surface area contributed by atoms with Crippen molar-refractivity contribution in [3.8, 4) is 0 Å². The summed E-state index contributed by atoms with van der Waals surface area (Å²) in [6.45, 7) is 0.165. The molecule has 1 aromatic carbocycles. The quantitative estimate of drug-likeness (QED) is 0.630. The zero-order valence-electron chi connectivity index (χ0n) is 12.6. The number of fused-ring (bicyclic) bond motifs is 1. The predicted molar refractivity (Wildman–Crippen MR) is 88.4 cm³/mol. The van der Waals surface area contributed by atoms with Crippen molar-refractivity contribution in [3.05, 3.63) is 59.9 Å². The second-order valence-corrected chi connectivity index (χ2v) is 6.94. The Morgan fingerprint density at radius 1 is 1.25 bits per heavy atom. The maximum Gasteiger partial charge on any atom is 0.335 e. The van der Waals surface area contributed by atoms with Gasteiger partial charge in [0.2, 0.25) is 10.0 Å². The molecule has 0 aliphatic carbocycles. The van der Waals surface area contributed by atoms with E-state index in [0.29, 0.717) is 17.5 Å². The maximum absolute atomic E-state index is 12.4. The Kier molecular flexibility index (Phi) is 4.32. The minimum atomic E-state index is -3.68. The van der Waals surface area contributed by atoms with Gasteiger partial charge in [-0.2, -0.15) is 0 Å². The fraction of sp³-hybridized carbons (Fsp3) is 0.125. The number of carboxylic acid groups (broad SMARTS) is 1. The number of nitrogens with zero attached hydrogens (tertiary/aromatic N) is 1. The fourth-order valence-electron chi connectivity index (χ4n) is 2.42. The highest BCUT2D eigenvalue weighted by atomic mass is 32.2. The van der Waals surface area contributed by atoms with E-state index in [1.54, 1.807) is 30.5 Å². The topological polar surface area (TPSA) is 112 Å². The van der Waals surface area contributed by atoms with Crippen LogP contribution in [0.1, 0.15) is 15.9 Å². The number of aromatic carboxylic acids is 1. The van der Waals surface area contributed by atoms with E-state index in [4.69, 9.17) is 5.11 Å². The van der Waals surface area contributed by atoms with E-state index in [1.165, 1.54) is 18.3 Å². The van der Waals surface area contributed by atoms with Crippen molar-refractivity contribution in [2.45, 2.75) is 11.3 Å². The van der Waals surface area contributed by atoms with Gasteiger partial charge in [0.15, 0.2) is 0 Å². The summed E-state index contributed by atoms with van der Waals surface area (Å²) in [6, 6.07) is 9.78. The third kappa shape index (κ3) is 3.29. The molecule has 0 spiro atoms. The molecule has 124 valence electrons. The summed E-state index contributed by atoms with van der Waals surface area (Å²) in [7, 11) is -3.68. The summed E-state index contributed by atoms with van der Waals surface area (Å²) in [4.78, 5) is 18.0. The molecule has 7 nitrogen and oxygen atoms in total. The molecule has 3 N–H and O–H groups in total. The average molecular weight is 345 g/mol. The van der Waals surface area contributed by atoms with E-state index in [1.807, 2.05) is 0 Å². The first-order valence-corrected chi connectivity index (χ1v) is 8.70. The number of aromatic nitrogens is 2. The van der Waals surface area contributed by atoms with E-state index in [2.05, 4.69) is 14.7 Å². The molecule has 0 atom stereocenters. The normalized spacial score (nSPS) is 11.7. The van der Waals surface area contributed by atoms with Crippen molar-refractivity contribution in [2.75, 3.05) is 6.54 Å². The zero-order chi connectivity index (χ0) is 17.2. The van der Waals surface area contributed by atoms with Gasteiger partial charge < -0.3 is 10.1 Å². The van der Waals surface area contributed by atoms with Gasteiger partial charge in [0, 0.05) is 24.3 Å². The number of sulfonamides is 1. The maximum atomic E-state index is 12.4. The molecule has 24 heavy (non-hydrogen) atoms. The number of nitrogens with one attached hydrogen (secondary N) is 2. The highest BCUT2D eigenvalue weighted by Crippen LogP contribution is 2.20. The highest BCUT2D eigenvalue weighted by Gasteiger charge is 2.18. The first kappa shape index (κ1) is 16.2. The summed E-state index contributed by atoms with van der Waals surface area (Å²) in [5.74, 6) is -1.01. The molecule has 3 aromatic rings. The minimum absolute atomic E-state index is 0.143. The Balaban J connectivity index is 1.72. The number of pyridine rings is 1. The lowest BCUT2D eigenvalue weighted by Gasteiger charge is -2.06. The van der Waals surface area contributed by atoms with Crippen LogP contribution in [0.15, 0.2) is 53.7 Å². The number of hydrogen-bond donors (Lipinski definition) is 3. The Bertz CT molecular complexity index is 995. The van der Waals surface area contributed by atoms with Crippen LogP contribution in [0.25, 0.3) is 11.0 Å². The Morgan fingerprint density at radius 3 is 2.88 bits per heavy atom. The Labute approximate surface area is 138 Å². The van der Waals surface area contributed by atoms with Crippen LogP contribution < -0.4 is 4.72 Å². The molecular weight excluding hydrogens is 330 g/mol. The molecule has 8 heteroatoms. The minimum Gasteiger partial charge on any atom is -0.478 e. The number of hydrogen-bond acceptors (Lipinski definition) is 4. The Hall–Kier alpha value is -2.71. The van der Waals surface area contributed by atoms with Crippen molar-refractivity contribution in [1.29, 1.82) is 0 Å². The van der Waals surface area contributed by atoms with Crippen LogP contribution in [0.4, 0.5) is 0 Å². The van der Waals surface area contributed by atoms with E-state index >= 15 is 0 Å². The third-order valence-corrected chi connectivity index (χ3v) is 5.08. The molecule has 0 radical (unpaired) electrons. The van der Waals surface area contributed by atoms with Gasteiger partial charge in [-0.3, -0.25) is 0 Å². The number of rotatable bonds is 6. The molecule has 0 aliphatic rings. The largest absolute Gasteiger partial charge is 0.478 e. The zero-order valence-corrected chi connectivity index (χ0v) is 13.4. The standard InChI is InChI=1S/C16H15N3O4S/c20-16(21)12-4-1-3-11(9-12)6-8-19-24(22,23)14-10-18-15-13(14)5-2-7-17-15/h1-5,7,9-10,19H,6,8H2,(H,17,18)(H,20,21). The van der Waals surface area contributed by atoms with Gasteiger partial charge in [0.25, 0.3) is 0 Å². The molecule has 0 fully saturated rings. The van der Waals surface area contributed by atoms with Gasteiger partial charge in [0.05, 0.1) is 5.56 Å². The van der Waals surface area contributed by atoms with Gasteiger partial charge in [-0.1, -0.05) is 12.1 Å². The van der Waals surface area contributed by atoms with E-state index in [-0.39, 0.29) is 17.0 Å². The number of carboxylic acids is 1. The number of H-pyrrole nitrogens is 1. The first-order chi connectivity index (χ1) is 11.5. The van der Waals surface area contributed by atoms with Gasteiger partial charge in [0.1, 0.15) is 10.5 Å². The molecule has 0 aliphatic heterocycles. The molecule has 0 amide bonds. The van der Waals surface area contributed by atoms with Gasteiger partial charge >= 0.3 is 5.97 Å². The molecule has 0 saturated heterocycles. The summed E-state index contributed by atoms with van der Waals surface area (Å²) in [5, 5.41) is 9.49. The van der Waals surface area contributed by atoms with E-state index in [9.17, 15) is 13.2 Å². The predicted octanol–water partition coefficient (Wildman–Crippen LogP) is 1.78. The molecule has 0 bridgehead atoms. The number of aromatic amines is 1. The van der Waals surface area contributed by atoms with Crippen LogP contribution in [0.2, 0.25) is 0 Å². The lowest BCUT2D eigenvalue weighted by Crippen LogP contribution is -2.25. The first-order valence-electron chi connectivity index (χ1n) is 7.21. The fourth-order valence-corrected chi connectivity index (χ4v) is 3.62.